The number of nitrogens with one attached hydrogen (secondary N) is 1. The Morgan fingerprint density at radius 2 is 2.00 bits per heavy atom. The smallest absolute Gasteiger partial charge is 0.387 e. The second kappa shape index (κ2) is 8.00. The Labute approximate surface area is 106 Å². The highest BCUT2D eigenvalue weighted by Crippen LogP contribution is 2.28. The first-order valence-corrected chi connectivity index (χ1v) is 5.89. The molecule has 0 aliphatic rings. The fraction of sp³-hybridized carbons (Fsp3) is 0.538. The maximum atomic E-state index is 12.3. The van der Waals surface area contributed by atoms with Gasteiger partial charge in [0.05, 0.1) is 0 Å². The summed E-state index contributed by atoms with van der Waals surface area (Å²) in [5.74, 6) is 0.226. The van der Waals surface area contributed by atoms with Crippen LogP contribution in [0.25, 0.3) is 0 Å². The van der Waals surface area contributed by atoms with Crippen LogP contribution in [0.3, 0.4) is 0 Å². The number of ether oxygens (including phenoxy) is 2. The molecule has 0 heterocycles. The van der Waals surface area contributed by atoms with Gasteiger partial charge in [-0.3, -0.25) is 0 Å². The van der Waals surface area contributed by atoms with Gasteiger partial charge in [0.2, 0.25) is 0 Å². The van der Waals surface area contributed by atoms with Crippen LogP contribution < -0.4 is 10.1 Å². The lowest BCUT2D eigenvalue weighted by Crippen LogP contribution is -2.18. The number of benzene rings is 1. The molecule has 1 aromatic rings. The van der Waals surface area contributed by atoms with E-state index in [-0.39, 0.29) is 11.8 Å². The molecule has 0 aliphatic heterocycles. The summed E-state index contributed by atoms with van der Waals surface area (Å²) in [4.78, 5) is 0. The second-order valence-electron chi connectivity index (χ2n) is 3.89. The van der Waals surface area contributed by atoms with E-state index in [2.05, 4.69) is 10.1 Å². The summed E-state index contributed by atoms with van der Waals surface area (Å²) in [5, 5.41) is 3.11. The van der Waals surface area contributed by atoms with Crippen LogP contribution in [0.1, 0.15) is 24.4 Å². The highest BCUT2D eigenvalue weighted by atomic mass is 19.3. The van der Waals surface area contributed by atoms with Gasteiger partial charge in [0.25, 0.3) is 0 Å². The quantitative estimate of drug-likeness (QED) is 0.728. The fourth-order valence-corrected chi connectivity index (χ4v) is 1.86. The number of alkyl halides is 2. The van der Waals surface area contributed by atoms with E-state index in [1.807, 2.05) is 6.07 Å². The zero-order valence-electron chi connectivity index (χ0n) is 10.7. The van der Waals surface area contributed by atoms with Crippen molar-refractivity contribution in [2.24, 2.45) is 0 Å². The van der Waals surface area contributed by atoms with Crippen molar-refractivity contribution in [2.45, 2.75) is 25.5 Å². The first-order chi connectivity index (χ1) is 8.69. The average molecular weight is 259 g/mol. The van der Waals surface area contributed by atoms with Gasteiger partial charge in [-0.1, -0.05) is 18.2 Å². The highest BCUT2D eigenvalue weighted by Gasteiger charge is 2.16. The van der Waals surface area contributed by atoms with Crippen molar-refractivity contribution in [3.63, 3.8) is 0 Å². The molecule has 1 aromatic carbocycles. The Morgan fingerprint density at radius 3 is 2.61 bits per heavy atom. The summed E-state index contributed by atoms with van der Waals surface area (Å²) < 4.78 is 34.1. The van der Waals surface area contributed by atoms with Crippen molar-refractivity contribution in [1.82, 2.24) is 5.32 Å². The molecule has 0 amide bonds. The Balaban J connectivity index is 2.77. The largest absolute Gasteiger partial charge is 0.434 e. The van der Waals surface area contributed by atoms with Crippen molar-refractivity contribution in [3.8, 4) is 5.75 Å². The van der Waals surface area contributed by atoms with Crippen LogP contribution in [0, 0.1) is 0 Å². The van der Waals surface area contributed by atoms with Crippen molar-refractivity contribution >= 4 is 0 Å². The molecule has 0 fully saturated rings. The molecule has 0 aromatic heterocycles. The molecule has 18 heavy (non-hydrogen) atoms. The summed E-state index contributed by atoms with van der Waals surface area (Å²) in [5.41, 5.74) is 0.747. The monoisotopic (exact) mass is 259 g/mol. The molecule has 1 unspecified atom stereocenters. The molecule has 0 spiro atoms. The third-order valence-corrected chi connectivity index (χ3v) is 2.70. The topological polar surface area (TPSA) is 30.5 Å². The zero-order valence-corrected chi connectivity index (χ0v) is 10.7. The second-order valence-corrected chi connectivity index (χ2v) is 3.89. The minimum atomic E-state index is -2.80. The molecule has 0 radical (unpaired) electrons. The van der Waals surface area contributed by atoms with Crippen LogP contribution in [-0.4, -0.2) is 27.4 Å². The molecule has 1 N–H and O–H groups in total. The molecule has 3 nitrogen and oxygen atoms in total. The van der Waals surface area contributed by atoms with Gasteiger partial charge in [-0.25, -0.2) is 0 Å². The predicted octanol–water partition coefficient (Wildman–Crippen LogP) is 2.98. The van der Waals surface area contributed by atoms with Gasteiger partial charge in [0.1, 0.15) is 5.75 Å². The summed E-state index contributed by atoms with van der Waals surface area (Å²) in [6, 6.07) is 6.83. The SMILES string of the molecule is CNC(CCCOC)c1ccccc1OC(F)F. The molecule has 0 saturated heterocycles. The van der Waals surface area contributed by atoms with E-state index < -0.39 is 6.61 Å². The summed E-state index contributed by atoms with van der Waals surface area (Å²) in [6.07, 6.45) is 1.65. The van der Waals surface area contributed by atoms with E-state index in [9.17, 15) is 8.78 Å². The van der Waals surface area contributed by atoms with Gasteiger partial charge in [-0.15, -0.1) is 0 Å². The lowest BCUT2D eigenvalue weighted by Gasteiger charge is -2.19. The fourth-order valence-electron chi connectivity index (χ4n) is 1.86. The summed E-state index contributed by atoms with van der Waals surface area (Å²) >= 11 is 0. The van der Waals surface area contributed by atoms with E-state index >= 15 is 0 Å². The molecule has 0 saturated carbocycles. The van der Waals surface area contributed by atoms with Crippen LogP contribution in [0.4, 0.5) is 8.78 Å². The van der Waals surface area contributed by atoms with Crippen LogP contribution in [0.15, 0.2) is 24.3 Å². The van der Waals surface area contributed by atoms with Gasteiger partial charge in [-0.2, -0.15) is 8.78 Å². The number of methoxy groups -OCH3 is 1. The van der Waals surface area contributed by atoms with Gasteiger partial charge in [-0.05, 0) is 26.0 Å². The van der Waals surface area contributed by atoms with Crippen molar-refractivity contribution in [2.75, 3.05) is 20.8 Å². The lowest BCUT2D eigenvalue weighted by molar-refractivity contribution is -0.0507. The molecular formula is C13H19F2NO2. The minimum absolute atomic E-state index is 0.0184. The average Bonchev–Trinajstić information content (AvgIpc) is 2.35. The zero-order chi connectivity index (χ0) is 13.4. The predicted molar refractivity (Wildman–Crippen MR) is 66.0 cm³/mol. The third kappa shape index (κ3) is 4.58. The van der Waals surface area contributed by atoms with Crippen LogP contribution >= 0.6 is 0 Å². The Kier molecular flexibility index (Phi) is 6.60. The third-order valence-electron chi connectivity index (χ3n) is 2.70. The number of hydrogen-bond donors (Lipinski definition) is 1. The first kappa shape index (κ1) is 14.9. The Bertz CT molecular complexity index is 348. The number of halogens is 2. The molecule has 102 valence electrons. The van der Waals surface area contributed by atoms with Gasteiger partial charge in [0.15, 0.2) is 0 Å². The Morgan fingerprint density at radius 1 is 1.28 bits per heavy atom. The summed E-state index contributed by atoms with van der Waals surface area (Å²) in [6.45, 7) is -2.15. The maximum Gasteiger partial charge on any atom is 0.387 e. The molecule has 5 heteroatoms. The molecule has 0 aliphatic carbocycles. The van der Waals surface area contributed by atoms with Crippen molar-refractivity contribution in [1.29, 1.82) is 0 Å². The van der Waals surface area contributed by atoms with E-state index in [4.69, 9.17) is 4.74 Å². The highest BCUT2D eigenvalue weighted by molar-refractivity contribution is 5.35. The van der Waals surface area contributed by atoms with E-state index in [0.717, 1.165) is 18.4 Å². The van der Waals surface area contributed by atoms with E-state index in [1.165, 1.54) is 0 Å². The molecule has 1 atom stereocenters. The molecular weight excluding hydrogens is 240 g/mol. The Hall–Kier alpha value is -1.20. The van der Waals surface area contributed by atoms with Crippen molar-refractivity contribution < 1.29 is 18.3 Å². The van der Waals surface area contributed by atoms with Crippen LogP contribution in [0.2, 0.25) is 0 Å². The van der Waals surface area contributed by atoms with E-state index in [1.54, 1.807) is 32.4 Å². The number of hydrogen-bond acceptors (Lipinski definition) is 3. The standard InChI is InChI=1S/C13H19F2NO2/c1-16-11(7-5-9-17-2)10-6-3-4-8-12(10)18-13(14)15/h3-4,6,8,11,13,16H,5,7,9H2,1-2H3. The lowest BCUT2D eigenvalue weighted by atomic mass is 10.0. The number of para-hydroxylation sites is 1. The normalized spacial score (nSPS) is 12.7. The maximum absolute atomic E-state index is 12.3. The molecule has 1 rings (SSSR count). The van der Waals surface area contributed by atoms with Crippen LogP contribution in [-0.2, 0) is 4.74 Å². The molecule has 0 bridgehead atoms. The minimum Gasteiger partial charge on any atom is -0.434 e. The van der Waals surface area contributed by atoms with Crippen molar-refractivity contribution in [3.05, 3.63) is 29.8 Å². The van der Waals surface area contributed by atoms with Crippen LogP contribution in [0.5, 0.6) is 5.75 Å². The first-order valence-electron chi connectivity index (χ1n) is 5.89. The van der Waals surface area contributed by atoms with Gasteiger partial charge >= 0.3 is 6.61 Å². The number of rotatable bonds is 8. The van der Waals surface area contributed by atoms with Gasteiger partial charge < -0.3 is 14.8 Å². The van der Waals surface area contributed by atoms with E-state index in [0.29, 0.717) is 6.61 Å². The summed E-state index contributed by atoms with van der Waals surface area (Å²) in [7, 11) is 3.44. The van der Waals surface area contributed by atoms with Gasteiger partial charge in [0, 0.05) is 25.3 Å².